The van der Waals surface area contributed by atoms with Gasteiger partial charge in [-0.25, -0.2) is 0 Å². The number of carbonyl (C=O) groups is 1. The average Bonchev–Trinajstić information content (AvgIpc) is 2.34. The number of carbonyl (C=O) groups excluding carboxylic acids is 1. The Balaban J connectivity index is 2.31. The largest absolute Gasteiger partial charge is 0.349 e. The summed E-state index contributed by atoms with van der Waals surface area (Å²) in [5.74, 6) is 0.114. The fourth-order valence-corrected chi connectivity index (χ4v) is 1.40. The number of hydrogen-bond donors (Lipinski definition) is 1. The van der Waals surface area contributed by atoms with E-state index >= 15 is 0 Å². The number of benzene rings is 1. The Hall–Kier alpha value is -1.86. The van der Waals surface area contributed by atoms with E-state index in [-0.39, 0.29) is 5.91 Å². The topological polar surface area (TPSA) is 56.1 Å². The van der Waals surface area contributed by atoms with Gasteiger partial charge in [-0.2, -0.15) is 5.26 Å². The van der Waals surface area contributed by atoms with Crippen molar-refractivity contribution in [1.82, 2.24) is 10.2 Å². The fraction of sp³-hybridized carbons (Fsp3) is 0.385. The molecule has 0 fully saturated rings. The SMILES string of the molecule is CN(C)C(=O)CCNCc1cccc(C#N)c1. The van der Waals surface area contributed by atoms with Gasteiger partial charge in [0.25, 0.3) is 0 Å². The average molecular weight is 231 g/mol. The minimum Gasteiger partial charge on any atom is -0.349 e. The maximum Gasteiger partial charge on any atom is 0.223 e. The molecule has 17 heavy (non-hydrogen) atoms. The van der Waals surface area contributed by atoms with Crippen LogP contribution in [-0.4, -0.2) is 31.4 Å². The second-order valence-corrected chi connectivity index (χ2v) is 4.03. The van der Waals surface area contributed by atoms with E-state index in [1.165, 1.54) is 0 Å². The summed E-state index contributed by atoms with van der Waals surface area (Å²) >= 11 is 0. The van der Waals surface area contributed by atoms with Gasteiger partial charge < -0.3 is 10.2 Å². The van der Waals surface area contributed by atoms with Gasteiger partial charge in [-0.1, -0.05) is 12.1 Å². The maximum atomic E-state index is 11.3. The van der Waals surface area contributed by atoms with E-state index in [4.69, 9.17) is 5.26 Å². The van der Waals surface area contributed by atoms with Gasteiger partial charge >= 0.3 is 0 Å². The number of nitrogens with one attached hydrogen (secondary N) is 1. The normalized spacial score (nSPS) is 9.71. The molecular formula is C13H17N3O. The molecule has 4 heteroatoms. The summed E-state index contributed by atoms with van der Waals surface area (Å²) < 4.78 is 0. The third-order valence-electron chi connectivity index (χ3n) is 2.40. The Bertz CT molecular complexity index is 421. The van der Waals surface area contributed by atoms with Crippen LogP contribution in [0, 0.1) is 11.3 Å². The van der Waals surface area contributed by atoms with Crippen molar-refractivity contribution in [2.24, 2.45) is 0 Å². The molecule has 0 radical (unpaired) electrons. The summed E-state index contributed by atoms with van der Waals surface area (Å²) in [5, 5.41) is 11.9. The Labute approximate surface area is 102 Å². The molecule has 0 heterocycles. The van der Waals surface area contributed by atoms with Gasteiger partial charge in [0.1, 0.15) is 0 Å². The molecule has 1 aromatic rings. The summed E-state index contributed by atoms with van der Waals surface area (Å²) in [5.41, 5.74) is 1.72. The zero-order valence-corrected chi connectivity index (χ0v) is 10.2. The molecule has 0 saturated heterocycles. The molecule has 0 atom stereocenters. The van der Waals surface area contributed by atoms with Crippen molar-refractivity contribution in [3.63, 3.8) is 0 Å². The predicted molar refractivity (Wildman–Crippen MR) is 66.2 cm³/mol. The van der Waals surface area contributed by atoms with Gasteiger partial charge in [0.05, 0.1) is 11.6 Å². The number of rotatable bonds is 5. The summed E-state index contributed by atoms with van der Waals surface area (Å²) in [7, 11) is 3.50. The third-order valence-corrected chi connectivity index (χ3v) is 2.40. The van der Waals surface area contributed by atoms with Crippen molar-refractivity contribution in [3.05, 3.63) is 35.4 Å². The van der Waals surface area contributed by atoms with E-state index in [1.54, 1.807) is 25.1 Å². The van der Waals surface area contributed by atoms with Gasteiger partial charge in [-0.05, 0) is 17.7 Å². The van der Waals surface area contributed by atoms with Crippen LogP contribution in [-0.2, 0) is 11.3 Å². The van der Waals surface area contributed by atoms with Gasteiger partial charge in [0.15, 0.2) is 0 Å². The molecule has 0 saturated carbocycles. The molecule has 90 valence electrons. The standard InChI is InChI=1S/C13H17N3O/c1-16(2)13(17)6-7-15-10-12-5-3-4-11(8-12)9-14/h3-5,8,15H,6-7,10H2,1-2H3. The second kappa shape index (κ2) is 6.66. The second-order valence-electron chi connectivity index (χ2n) is 4.03. The number of amides is 1. The van der Waals surface area contributed by atoms with Gasteiger partial charge in [0, 0.05) is 33.6 Å². The predicted octanol–water partition coefficient (Wildman–Crippen LogP) is 1.13. The smallest absolute Gasteiger partial charge is 0.223 e. The molecule has 0 bridgehead atoms. The minimum absolute atomic E-state index is 0.114. The van der Waals surface area contributed by atoms with E-state index in [1.807, 2.05) is 18.2 Å². The Morgan fingerprint density at radius 3 is 2.88 bits per heavy atom. The number of nitrogens with zero attached hydrogens (tertiary/aromatic N) is 2. The van der Waals surface area contributed by atoms with Crippen LogP contribution in [0.5, 0.6) is 0 Å². The lowest BCUT2D eigenvalue weighted by atomic mass is 10.1. The lowest BCUT2D eigenvalue weighted by Gasteiger charge is -2.10. The van der Waals surface area contributed by atoms with Crippen LogP contribution in [0.2, 0.25) is 0 Å². The Morgan fingerprint density at radius 2 is 2.24 bits per heavy atom. The highest BCUT2D eigenvalue weighted by atomic mass is 16.2. The number of hydrogen-bond acceptors (Lipinski definition) is 3. The van der Waals surface area contributed by atoms with Crippen molar-refractivity contribution >= 4 is 5.91 Å². The van der Waals surface area contributed by atoms with Gasteiger partial charge in [-0.3, -0.25) is 4.79 Å². The van der Waals surface area contributed by atoms with Crippen molar-refractivity contribution in [3.8, 4) is 6.07 Å². The van der Waals surface area contributed by atoms with Crippen molar-refractivity contribution in [1.29, 1.82) is 5.26 Å². The lowest BCUT2D eigenvalue weighted by Crippen LogP contribution is -2.26. The molecule has 0 aliphatic carbocycles. The van der Waals surface area contributed by atoms with E-state index in [9.17, 15) is 4.79 Å². The highest BCUT2D eigenvalue weighted by Gasteiger charge is 2.02. The van der Waals surface area contributed by atoms with Crippen LogP contribution in [0.15, 0.2) is 24.3 Å². The summed E-state index contributed by atoms with van der Waals surface area (Å²) in [4.78, 5) is 12.9. The van der Waals surface area contributed by atoms with Crippen LogP contribution in [0.25, 0.3) is 0 Å². The van der Waals surface area contributed by atoms with E-state index < -0.39 is 0 Å². The van der Waals surface area contributed by atoms with Crippen LogP contribution < -0.4 is 5.32 Å². The first-order valence-electron chi connectivity index (χ1n) is 5.53. The molecule has 1 rings (SSSR count). The van der Waals surface area contributed by atoms with Gasteiger partial charge in [0.2, 0.25) is 5.91 Å². The zero-order valence-electron chi connectivity index (χ0n) is 10.2. The summed E-state index contributed by atoms with van der Waals surface area (Å²) in [6.45, 7) is 1.32. The molecule has 0 aliphatic heterocycles. The highest BCUT2D eigenvalue weighted by molar-refractivity contribution is 5.75. The molecular weight excluding hydrogens is 214 g/mol. The van der Waals surface area contributed by atoms with E-state index in [0.717, 1.165) is 5.56 Å². The van der Waals surface area contributed by atoms with Crippen molar-refractivity contribution < 1.29 is 4.79 Å². The first kappa shape index (κ1) is 13.2. The maximum absolute atomic E-state index is 11.3. The molecule has 0 unspecified atom stereocenters. The summed E-state index contributed by atoms with van der Waals surface area (Å²) in [6, 6.07) is 9.55. The molecule has 1 amide bonds. The lowest BCUT2D eigenvalue weighted by molar-refractivity contribution is -0.128. The molecule has 0 spiro atoms. The monoisotopic (exact) mass is 231 g/mol. The Kier molecular flexibility index (Phi) is 5.18. The minimum atomic E-state index is 0.114. The van der Waals surface area contributed by atoms with E-state index in [2.05, 4.69) is 11.4 Å². The van der Waals surface area contributed by atoms with Crippen LogP contribution in [0.3, 0.4) is 0 Å². The summed E-state index contributed by atoms with van der Waals surface area (Å²) in [6.07, 6.45) is 0.491. The van der Waals surface area contributed by atoms with Crippen LogP contribution >= 0.6 is 0 Å². The molecule has 1 N–H and O–H groups in total. The van der Waals surface area contributed by atoms with E-state index in [0.29, 0.717) is 25.1 Å². The highest BCUT2D eigenvalue weighted by Crippen LogP contribution is 2.03. The molecule has 1 aromatic carbocycles. The molecule has 0 aromatic heterocycles. The third kappa shape index (κ3) is 4.66. The van der Waals surface area contributed by atoms with Crippen LogP contribution in [0.4, 0.5) is 0 Å². The Morgan fingerprint density at radius 1 is 1.47 bits per heavy atom. The quantitative estimate of drug-likeness (QED) is 0.773. The van der Waals surface area contributed by atoms with Crippen molar-refractivity contribution in [2.45, 2.75) is 13.0 Å². The van der Waals surface area contributed by atoms with Crippen LogP contribution in [0.1, 0.15) is 17.5 Å². The first-order chi connectivity index (χ1) is 8.13. The zero-order chi connectivity index (χ0) is 12.7. The molecule has 0 aliphatic rings. The molecule has 4 nitrogen and oxygen atoms in total. The number of nitriles is 1. The first-order valence-corrected chi connectivity index (χ1v) is 5.53. The van der Waals surface area contributed by atoms with Crippen molar-refractivity contribution in [2.75, 3.05) is 20.6 Å². The van der Waals surface area contributed by atoms with Gasteiger partial charge in [-0.15, -0.1) is 0 Å². The fourth-order valence-electron chi connectivity index (χ4n) is 1.40.